The minimum Gasteiger partial charge on any atom is -0.493 e. The monoisotopic (exact) mass is 465 g/mol. The summed E-state index contributed by atoms with van der Waals surface area (Å²) in [7, 11) is 4.52. The van der Waals surface area contributed by atoms with Crippen molar-refractivity contribution < 1.29 is 23.4 Å². The summed E-state index contributed by atoms with van der Waals surface area (Å²) in [5, 5.41) is 6.57. The van der Waals surface area contributed by atoms with E-state index in [4.69, 9.17) is 18.6 Å². The van der Waals surface area contributed by atoms with Gasteiger partial charge in [-0.25, -0.2) is 9.78 Å². The lowest BCUT2D eigenvalue weighted by Gasteiger charge is -2.10. The van der Waals surface area contributed by atoms with E-state index in [2.05, 4.69) is 15.5 Å². The van der Waals surface area contributed by atoms with Gasteiger partial charge in [-0.05, 0) is 44.2 Å². The van der Waals surface area contributed by atoms with Crippen molar-refractivity contribution in [3.63, 3.8) is 0 Å². The van der Waals surface area contributed by atoms with Crippen LogP contribution in [0.1, 0.15) is 20.9 Å². The van der Waals surface area contributed by atoms with Gasteiger partial charge in [-0.2, -0.15) is 5.10 Å². The van der Waals surface area contributed by atoms with Crippen LogP contribution in [0.25, 0.3) is 22.3 Å². The van der Waals surface area contributed by atoms with Gasteiger partial charge in [0.25, 0.3) is 0 Å². The number of thiazole rings is 1. The first-order valence-corrected chi connectivity index (χ1v) is 10.9. The van der Waals surface area contributed by atoms with E-state index in [0.717, 1.165) is 16.5 Å². The molecule has 8 nitrogen and oxygen atoms in total. The van der Waals surface area contributed by atoms with Crippen LogP contribution in [0.5, 0.6) is 11.5 Å². The Labute approximate surface area is 194 Å². The Morgan fingerprint density at radius 2 is 1.82 bits per heavy atom. The van der Waals surface area contributed by atoms with Crippen LogP contribution in [-0.2, 0) is 4.74 Å². The summed E-state index contributed by atoms with van der Waals surface area (Å²) in [6.45, 7) is 3.76. The molecule has 4 aromatic rings. The van der Waals surface area contributed by atoms with Gasteiger partial charge in [0, 0.05) is 17.0 Å². The van der Waals surface area contributed by atoms with Crippen molar-refractivity contribution in [2.45, 2.75) is 13.8 Å². The predicted octanol–water partition coefficient (Wildman–Crippen LogP) is 4.90. The van der Waals surface area contributed by atoms with Crippen molar-refractivity contribution in [1.82, 2.24) is 4.98 Å². The maximum Gasteiger partial charge on any atom is 0.350 e. The normalized spacial score (nSPS) is 11.5. The molecule has 0 amide bonds. The number of fused-ring (bicyclic) bond motifs is 1. The summed E-state index contributed by atoms with van der Waals surface area (Å²) < 4.78 is 21.8. The van der Waals surface area contributed by atoms with Crippen LogP contribution >= 0.6 is 11.3 Å². The smallest absolute Gasteiger partial charge is 0.350 e. The molecule has 0 atom stereocenters. The Balaban J connectivity index is 1.82. The van der Waals surface area contributed by atoms with E-state index in [1.165, 1.54) is 18.4 Å². The van der Waals surface area contributed by atoms with Crippen LogP contribution in [0, 0.1) is 13.8 Å². The number of carbonyl (C=O) groups excluding carboxylic acids is 1. The number of nitrogens with one attached hydrogen (secondary N) is 1. The molecule has 2 aromatic carbocycles. The lowest BCUT2D eigenvalue weighted by Crippen LogP contribution is -2.07. The maximum atomic E-state index is 11.9. The Morgan fingerprint density at radius 1 is 1.03 bits per heavy atom. The second kappa shape index (κ2) is 9.33. The Bertz CT molecular complexity index is 1410. The quantitative estimate of drug-likeness (QED) is 0.319. The molecular weight excluding hydrogens is 442 g/mol. The number of aryl methyl sites for hydroxylation is 2. The van der Waals surface area contributed by atoms with Crippen LogP contribution in [0.4, 0.5) is 5.13 Å². The number of nitrogens with zero attached hydrogens (tertiary/aromatic N) is 2. The van der Waals surface area contributed by atoms with Gasteiger partial charge in [-0.1, -0.05) is 23.0 Å². The molecule has 0 radical (unpaired) electrons. The molecule has 2 heterocycles. The van der Waals surface area contributed by atoms with Gasteiger partial charge < -0.3 is 18.6 Å². The van der Waals surface area contributed by atoms with Crippen LogP contribution in [-0.4, -0.2) is 32.3 Å². The third-order valence-electron chi connectivity index (χ3n) is 5.01. The summed E-state index contributed by atoms with van der Waals surface area (Å²) in [5.41, 5.74) is 6.12. The first-order chi connectivity index (χ1) is 15.9. The molecule has 0 aliphatic rings. The van der Waals surface area contributed by atoms with E-state index in [1.54, 1.807) is 21.1 Å². The minimum atomic E-state index is -0.423. The number of benzene rings is 2. The molecule has 0 aliphatic carbocycles. The highest BCUT2D eigenvalue weighted by atomic mass is 32.1. The molecule has 0 saturated heterocycles. The number of esters is 1. The molecule has 0 fully saturated rings. The van der Waals surface area contributed by atoms with Gasteiger partial charge in [-0.3, -0.25) is 5.43 Å². The number of methoxy groups -OCH3 is 3. The molecule has 0 aliphatic heterocycles. The van der Waals surface area contributed by atoms with Crippen molar-refractivity contribution in [2.75, 3.05) is 26.8 Å². The summed E-state index contributed by atoms with van der Waals surface area (Å²) in [4.78, 5) is 16.7. The van der Waals surface area contributed by atoms with E-state index < -0.39 is 5.97 Å². The van der Waals surface area contributed by atoms with Crippen molar-refractivity contribution >= 4 is 33.4 Å². The fourth-order valence-electron chi connectivity index (χ4n) is 3.34. The van der Waals surface area contributed by atoms with Gasteiger partial charge in [0.15, 0.2) is 11.5 Å². The lowest BCUT2D eigenvalue weighted by molar-refractivity contribution is 0.0605. The van der Waals surface area contributed by atoms with Gasteiger partial charge in [0.2, 0.25) is 5.13 Å². The SMILES string of the molecule is COC(=O)c1sc(N/N=c2\cc(-c3ccc(OC)c(OC)c3)oc3ccc(C)cc23)nc1C. The third-order valence-corrected chi connectivity index (χ3v) is 6.05. The molecular formula is C24H23N3O5S. The average molecular weight is 466 g/mol. The number of carbonyl (C=O) groups is 1. The zero-order chi connectivity index (χ0) is 23.5. The molecule has 0 bridgehead atoms. The summed E-state index contributed by atoms with van der Waals surface area (Å²) in [6.07, 6.45) is 0. The second-order valence-electron chi connectivity index (χ2n) is 7.21. The van der Waals surface area contributed by atoms with Gasteiger partial charge in [-0.15, -0.1) is 0 Å². The van der Waals surface area contributed by atoms with Crippen LogP contribution in [0.3, 0.4) is 0 Å². The number of rotatable bonds is 6. The largest absolute Gasteiger partial charge is 0.493 e. The Morgan fingerprint density at radius 3 is 2.55 bits per heavy atom. The third kappa shape index (κ3) is 4.54. The predicted molar refractivity (Wildman–Crippen MR) is 127 cm³/mol. The molecule has 0 spiro atoms. The van der Waals surface area contributed by atoms with Crippen LogP contribution in [0.15, 0.2) is 52.0 Å². The molecule has 170 valence electrons. The number of ether oxygens (including phenoxy) is 3. The maximum absolute atomic E-state index is 11.9. The van der Waals surface area contributed by atoms with Crippen LogP contribution < -0.4 is 20.3 Å². The molecule has 0 saturated carbocycles. The van der Waals surface area contributed by atoms with Crippen molar-refractivity contribution in [3.05, 3.63) is 64.0 Å². The topological polar surface area (TPSA) is 95.2 Å². The van der Waals surface area contributed by atoms with E-state index in [1.807, 2.05) is 49.4 Å². The molecule has 0 unspecified atom stereocenters. The zero-order valence-corrected chi connectivity index (χ0v) is 19.7. The van der Waals surface area contributed by atoms with Gasteiger partial charge in [0.1, 0.15) is 16.2 Å². The lowest BCUT2D eigenvalue weighted by atomic mass is 10.1. The zero-order valence-electron chi connectivity index (χ0n) is 18.9. The average Bonchev–Trinajstić information content (AvgIpc) is 3.21. The first-order valence-electron chi connectivity index (χ1n) is 10.1. The number of hydrogen-bond donors (Lipinski definition) is 1. The number of anilines is 1. The first kappa shape index (κ1) is 22.3. The van der Waals surface area contributed by atoms with Crippen molar-refractivity contribution in [3.8, 4) is 22.8 Å². The highest BCUT2D eigenvalue weighted by Crippen LogP contribution is 2.33. The summed E-state index contributed by atoms with van der Waals surface area (Å²) in [5.74, 6) is 1.41. The minimum absolute atomic E-state index is 0.423. The molecule has 9 heteroatoms. The Kier molecular flexibility index (Phi) is 6.32. The van der Waals surface area contributed by atoms with Crippen LogP contribution in [0.2, 0.25) is 0 Å². The fourth-order valence-corrected chi connectivity index (χ4v) is 4.17. The van der Waals surface area contributed by atoms with E-state index in [-0.39, 0.29) is 0 Å². The highest BCUT2D eigenvalue weighted by molar-refractivity contribution is 7.17. The van der Waals surface area contributed by atoms with E-state index >= 15 is 0 Å². The summed E-state index contributed by atoms with van der Waals surface area (Å²) >= 11 is 1.19. The molecule has 1 N–H and O–H groups in total. The standard InChI is InChI=1S/C24H23N3O5S/c1-13-6-8-18-16(10-13)17(26-27-24-25-14(2)22(33-24)23(28)31-5)12-20(32-18)15-7-9-19(29-3)21(11-15)30-4/h6-12H,1-5H3,(H,25,27)/b26-17+. The second-order valence-corrected chi connectivity index (χ2v) is 8.21. The highest BCUT2D eigenvalue weighted by Gasteiger charge is 2.15. The van der Waals surface area contributed by atoms with Gasteiger partial charge in [0.05, 0.1) is 32.4 Å². The number of aromatic nitrogens is 1. The van der Waals surface area contributed by atoms with Gasteiger partial charge >= 0.3 is 5.97 Å². The Hall–Kier alpha value is -3.85. The van der Waals surface area contributed by atoms with E-state index in [9.17, 15) is 4.79 Å². The molecule has 33 heavy (non-hydrogen) atoms. The summed E-state index contributed by atoms with van der Waals surface area (Å²) in [6, 6.07) is 13.3. The van der Waals surface area contributed by atoms with Crippen molar-refractivity contribution in [2.24, 2.45) is 5.10 Å². The number of hydrogen-bond acceptors (Lipinski definition) is 9. The van der Waals surface area contributed by atoms with Crippen molar-refractivity contribution in [1.29, 1.82) is 0 Å². The molecule has 2 aromatic heterocycles. The fraction of sp³-hybridized carbons (Fsp3) is 0.208. The van der Waals surface area contributed by atoms with E-state index in [0.29, 0.717) is 43.9 Å². The molecule has 4 rings (SSSR count).